The first-order valence-corrected chi connectivity index (χ1v) is 9.97. The largest absolute Gasteiger partial charge is 0.507 e. The summed E-state index contributed by atoms with van der Waals surface area (Å²) in [5, 5.41) is 21.6. The van der Waals surface area contributed by atoms with Crippen LogP contribution in [0.15, 0.2) is 64.7 Å². The van der Waals surface area contributed by atoms with Crippen LogP contribution >= 0.6 is 27.7 Å². The lowest BCUT2D eigenvalue weighted by Gasteiger charge is -2.09. The minimum atomic E-state index is -0.422. The maximum absolute atomic E-state index is 13.2. The monoisotopic (exact) mass is 462 g/mol. The van der Waals surface area contributed by atoms with Crippen molar-refractivity contribution in [1.29, 1.82) is 0 Å². The Bertz CT molecular complexity index is 1020. The number of amides is 1. The fraction of sp³-hybridized carbons (Fsp3) is 0.105. The molecular formula is C19H16BrFN4O2S. The van der Waals surface area contributed by atoms with Crippen molar-refractivity contribution in [2.75, 3.05) is 11.1 Å². The molecule has 0 aliphatic carbocycles. The molecule has 2 aromatic carbocycles. The first kappa shape index (κ1) is 20.1. The van der Waals surface area contributed by atoms with Gasteiger partial charge in [0, 0.05) is 16.7 Å². The molecule has 0 aliphatic rings. The molecule has 0 atom stereocenters. The molecule has 144 valence electrons. The number of phenols is 1. The Morgan fingerprint density at radius 3 is 2.89 bits per heavy atom. The summed E-state index contributed by atoms with van der Waals surface area (Å²) < 4.78 is 15.8. The van der Waals surface area contributed by atoms with Gasteiger partial charge in [0.1, 0.15) is 11.6 Å². The first-order chi connectivity index (χ1) is 13.5. The number of halogens is 2. The highest BCUT2D eigenvalue weighted by Gasteiger charge is 2.17. The zero-order chi connectivity index (χ0) is 20.1. The number of aromatic hydroxyl groups is 1. The maximum atomic E-state index is 13.2. The van der Waals surface area contributed by atoms with Crippen molar-refractivity contribution in [2.45, 2.75) is 11.7 Å². The van der Waals surface area contributed by atoms with Crippen molar-refractivity contribution in [3.63, 3.8) is 0 Å². The number of benzene rings is 2. The third-order valence-corrected chi connectivity index (χ3v) is 5.13. The molecule has 0 unspecified atom stereocenters. The van der Waals surface area contributed by atoms with Crippen LogP contribution in [0, 0.1) is 5.82 Å². The van der Waals surface area contributed by atoms with Gasteiger partial charge in [-0.15, -0.1) is 16.8 Å². The van der Waals surface area contributed by atoms with Gasteiger partial charge in [0.25, 0.3) is 0 Å². The third-order valence-electron chi connectivity index (χ3n) is 3.67. The molecule has 1 heterocycles. The molecule has 3 rings (SSSR count). The van der Waals surface area contributed by atoms with Crippen LogP contribution in [-0.2, 0) is 11.3 Å². The van der Waals surface area contributed by atoms with E-state index < -0.39 is 5.82 Å². The number of hydrogen-bond donors (Lipinski definition) is 2. The van der Waals surface area contributed by atoms with Crippen molar-refractivity contribution in [1.82, 2.24) is 14.8 Å². The van der Waals surface area contributed by atoms with Crippen LogP contribution in [0.4, 0.5) is 10.1 Å². The topological polar surface area (TPSA) is 80.0 Å². The van der Waals surface area contributed by atoms with Crippen LogP contribution in [0.1, 0.15) is 0 Å². The van der Waals surface area contributed by atoms with Crippen LogP contribution in [0.3, 0.4) is 0 Å². The van der Waals surface area contributed by atoms with Crippen molar-refractivity contribution in [3.05, 3.63) is 65.4 Å². The van der Waals surface area contributed by atoms with E-state index in [2.05, 4.69) is 38.0 Å². The number of aromatic nitrogens is 3. The average Bonchev–Trinajstić information content (AvgIpc) is 3.05. The van der Waals surface area contributed by atoms with Crippen molar-refractivity contribution in [3.8, 4) is 17.1 Å². The summed E-state index contributed by atoms with van der Waals surface area (Å²) in [6.45, 7) is 4.14. The van der Waals surface area contributed by atoms with Crippen LogP contribution in [0.2, 0.25) is 0 Å². The van der Waals surface area contributed by atoms with Gasteiger partial charge in [-0.1, -0.05) is 39.8 Å². The highest BCUT2D eigenvalue weighted by molar-refractivity contribution is 9.10. The molecule has 9 heteroatoms. The molecule has 0 radical (unpaired) electrons. The fourth-order valence-corrected chi connectivity index (χ4v) is 3.58. The molecule has 2 N–H and O–H groups in total. The lowest BCUT2D eigenvalue weighted by atomic mass is 10.2. The molecule has 1 amide bonds. The van der Waals surface area contributed by atoms with Gasteiger partial charge in [0.15, 0.2) is 11.0 Å². The second-order valence-electron chi connectivity index (χ2n) is 5.71. The minimum absolute atomic E-state index is 0.0657. The molecule has 0 saturated heterocycles. The summed E-state index contributed by atoms with van der Waals surface area (Å²) in [5.41, 5.74) is 0.901. The SMILES string of the molecule is C=CCn1c(SCC(=O)Nc2cccc(F)c2)nnc1-c1cc(Br)ccc1O. The standard InChI is InChI=1S/C19H16BrFN4O2S/c1-2-8-25-18(15-9-12(20)6-7-16(15)26)23-24-19(25)28-11-17(27)22-14-5-3-4-13(21)10-14/h2-7,9-10,26H,1,8,11H2,(H,22,27). The summed E-state index contributed by atoms with van der Waals surface area (Å²) in [5.74, 6) is -0.116. The summed E-state index contributed by atoms with van der Waals surface area (Å²) in [6.07, 6.45) is 1.68. The van der Waals surface area contributed by atoms with E-state index in [-0.39, 0.29) is 17.4 Å². The number of rotatable bonds is 7. The highest BCUT2D eigenvalue weighted by Crippen LogP contribution is 2.32. The molecule has 0 fully saturated rings. The minimum Gasteiger partial charge on any atom is -0.507 e. The van der Waals surface area contributed by atoms with Crippen LogP contribution in [0.5, 0.6) is 5.75 Å². The number of nitrogens with one attached hydrogen (secondary N) is 1. The van der Waals surface area contributed by atoms with E-state index in [9.17, 15) is 14.3 Å². The highest BCUT2D eigenvalue weighted by atomic mass is 79.9. The Kier molecular flexibility index (Phi) is 6.48. The Morgan fingerprint density at radius 2 is 2.14 bits per heavy atom. The van der Waals surface area contributed by atoms with Gasteiger partial charge >= 0.3 is 0 Å². The Hall–Kier alpha value is -2.65. The normalized spacial score (nSPS) is 10.6. The smallest absolute Gasteiger partial charge is 0.234 e. The van der Waals surface area contributed by atoms with E-state index in [1.807, 2.05) is 0 Å². The zero-order valence-electron chi connectivity index (χ0n) is 14.6. The molecule has 0 saturated carbocycles. The number of anilines is 1. The molecule has 28 heavy (non-hydrogen) atoms. The van der Waals surface area contributed by atoms with Gasteiger partial charge in [-0.2, -0.15) is 0 Å². The second-order valence-corrected chi connectivity index (χ2v) is 7.57. The predicted molar refractivity (Wildman–Crippen MR) is 111 cm³/mol. The summed E-state index contributed by atoms with van der Waals surface area (Å²) in [4.78, 5) is 12.2. The van der Waals surface area contributed by atoms with Crippen LogP contribution < -0.4 is 5.32 Å². The van der Waals surface area contributed by atoms with Crippen molar-refractivity contribution in [2.24, 2.45) is 0 Å². The van der Waals surface area contributed by atoms with Gasteiger partial charge in [-0.05, 0) is 36.4 Å². The van der Waals surface area contributed by atoms with Gasteiger partial charge < -0.3 is 10.4 Å². The third kappa shape index (κ3) is 4.79. The van der Waals surface area contributed by atoms with Gasteiger partial charge in [0.05, 0.1) is 11.3 Å². The zero-order valence-corrected chi connectivity index (χ0v) is 17.0. The first-order valence-electron chi connectivity index (χ1n) is 8.19. The molecule has 0 spiro atoms. The molecule has 0 aliphatic heterocycles. The molecule has 1 aromatic heterocycles. The number of carbonyl (C=O) groups excluding carboxylic acids is 1. The lowest BCUT2D eigenvalue weighted by Crippen LogP contribution is -2.14. The van der Waals surface area contributed by atoms with Crippen molar-refractivity contribution < 1.29 is 14.3 Å². The van der Waals surface area contributed by atoms with Gasteiger partial charge in [0.2, 0.25) is 5.91 Å². The number of carbonyl (C=O) groups is 1. The van der Waals surface area contributed by atoms with E-state index in [0.717, 1.165) is 4.47 Å². The predicted octanol–water partition coefficient (Wildman–Crippen LogP) is 4.47. The second kappa shape index (κ2) is 9.03. The van der Waals surface area contributed by atoms with E-state index in [0.29, 0.717) is 28.8 Å². The van der Waals surface area contributed by atoms with E-state index in [4.69, 9.17) is 0 Å². The maximum Gasteiger partial charge on any atom is 0.234 e. The molecule has 3 aromatic rings. The fourth-order valence-electron chi connectivity index (χ4n) is 2.47. The Balaban J connectivity index is 1.77. The molecular weight excluding hydrogens is 447 g/mol. The number of phenolic OH excluding ortho intramolecular Hbond substituents is 1. The van der Waals surface area contributed by atoms with E-state index in [1.54, 1.807) is 34.9 Å². The summed E-state index contributed by atoms with van der Waals surface area (Å²) in [6, 6.07) is 10.7. The van der Waals surface area contributed by atoms with Crippen LogP contribution in [0.25, 0.3) is 11.4 Å². The molecule has 6 nitrogen and oxygen atoms in total. The quantitative estimate of drug-likeness (QED) is 0.399. The molecule has 0 bridgehead atoms. The van der Waals surface area contributed by atoms with Gasteiger partial charge in [-0.25, -0.2) is 4.39 Å². The average molecular weight is 463 g/mol. The van der Waals surface area contributed by atoms with E-state index in [1.165, 1.54) is 30.0 Å². The number of allylic oxidation sites excluding steroid dienone is 1. The summed E-state index contributed by atoms with van der Waals surface area (Å²) in [7, 11) is 0. The summed E-state index contributed by atoms with van der Waals surface area (Å²) >= 11 is 4.56. The van der Waals surface area contributed by atoms with Crippen molar-refractivity contribution >= 4 is 39.3 Å². The van der Waals surface area contributed by atoms with Gasteiger partial charge in [-0.3, -0.25) is 9.36 Å². The van der Waals surface area contributed by atoms with Crippen LogP contribution in [-0.4, -0.2) is 31.5 Å². The number of nitrogens with zero attached hydrogens (tertiary/aromatic N) is 3. The lowest BCUT2D eigenvalue weighted by molar-refractivity contribution is -0.113. The van der Waals surface area contributed by atoms with E-state index >= 15 is 0 Å². The number of thioether (sulfide) groups is 1. The Labute approximate surface area is 173 Å². The Morgan fingerprint density at radius 1 is 1.32 bits per heavy atom. The number of hydrogen-bond acceptors (Lipinski definition) is 5.